The number of carbonyl (C=O) groups excluding carboxylic acids is 1. The molecular formula is C14H18BrNO. The van der Waals surface area contributed by atoms with Crippen LogP contribution in [0.15, 0.2) is 16.6 Å². The van der Waals surface area contributed by atoms with E-state index in [2.05, 4.69) is 46.8 Å². The Hall–Kier alpha value is -0.830. The lowest BCUT2D eigenvalue weighted by atomic mass is 9.96. The Morgan fingerprint density at radius 1 is 1.29 bits per heavy atom. The molecule has 1 atom stereocenters. The molecule has 0 N–H and O–H groups in total. The van der Waals surface area contributed by atoms with Crippen LogP contribution in [0.25, 0.3) is 0 Å². The number of carbonyl (C=O) groups is 1. The first-order valence-electron chi connectivity index (χ1n) is 6.03. The third kappa shape index (κ3) is 2.54. The Kier molecular flexibility index (Phi) is 3.57. The fraction of sp³-hybridized carbons (Fsp3) is 0.500. The van der Waals surface area contributed by atoms with E-state index < -0.39 is 0 Å². The van der Waals surface area contributed by atoms with Crippen molar-refractivity contribution >= 4 is 27.4 Å². The summed E-state index contributed by atoms with van der Waals surface area (Å²) >= 11 is 3.52. The van der Waals surface area contributed by atoms with Crippen molar-refractivity contribution in [1.82, 2.24) is 0 Å². The lowest BCUT2D eigenvalue weighted by Crippen LogP contribution is -2.40. The average Bonchev–Trinajstić information content (AvgIpc) is 2.21. The number of piperidine rings is 1. The number of rotatable bonds is 1. The number of Topliss-reactive ketones (excluding diaryl/α,β-unsaturated/α-hetero) is 1. The molecule has 1 aromatic carbocycles. The van der Waals surface area contributed by atoms with Crippen molar-refractivity contribution in [3.05, 3.63) is 27.7 Å². The molecule has 3 heteroatoms. The third-order valence-electron chi connectivity index (χ3n) is 3.44. The molecule has 1 aliphatic heterocycles. The summed E-state index contributed by atoms with van der Waals surface area (Å²) in [6, 6.07) is 4.28. The molecule has 0 radical (unpaired) electrons. The topological polar surface area (TPSA) is 20.3 Å². The third-order valence-corrected chi connectivity index (χ3v) is 3.90. The Labute approximate surface area is 111 Å². The van der Waals surface area contributed by atoms with Crippen molar-refractivity contribution in [2.45, 2.75) is 27.2 Å². The lowest BCUT2D eigenvalue weighted by Gasteiger charge is -2.34. The highest BCUT2D eigenvalue weighted by Crippen LogP contribution is 2.30. The lowest BCUT2D eigenvalue weighted by molar-refractivity contribution is -0.122. The highest BCUT2D eigenvalue weighted by atomic mass is 79.9. The Bertz CT molecular complexity index is 433. The van der Waals surface area contributed by atoms with Gasteiger partial charge in [0.05, 0.1) is 0 Å². The van der Waals surface area contributed by atoms with Gasteiger partial charge in [-0.05, 0) is 37.1 Å². The molecule has 0 saturated carbocycles. The molecule has 0 spiro atoms. The molecule has 1 saturated heterocycles. The fourth-order valence-electron chi connectivity index (χ4n) is 2.62. The number of ketones is 1. The Balaban J connectivity index is 2.32. The maximum atomic E-state index is 11.6. The normalized spacial score (nSPS) is 20.8. The van der Waals surface area contributed by atoms with Gasteiger partial charge in [0.2, 0.25) is 0 Å². The summed E-state index contributed by atoms with van der Waals surface area (Å²) < 4.78 is 1.12. The molecule has 1 aromatic rings. The standard InChI is InChI=1S/C14H18BrNO/c1-9-6-12(15)7-10(2)14(9)16-5-4-13(17)11(3)8-16/h6-7,11H,4-5,8H2,1-3H3. The van der Waals surface area contributed by atoms with E-state index in [4.69, 9.17) is 0 Å². The largest absolute Gasteiger partial charge is 0.370 e. The van der Waals surface area contributed by atoms with E-state index in [9.17, 15) is 4.79 Å². The minimum absolute atomic E-state index is 0.159. The van der Waals surface area contributed by atoms with E-state index in [1.54, 1.807) is 0 Å². The van der Waals surface area contributed by atoms with Crippen LogP contribution in [0.1, 0.15) is 24.5 Å². The van der Waals surface area contributed by atoms with E-state index in [0.717, 1.165) is 17.6 Å². The van der Waals surface area contributed by atoms with E-state index in [-0.39, 0.29) is 5.92 Å². The summed E-state index contributed by atoms with van der Waals surface area (Å²) in [5.74, 6) is 0.555. The number of hydrogen-bond acceptors (Lipinski definition) is 2. The SMILES string of the molecule is Cc1cc(Br)cc(C)c1N1CCC(=O)C(C)C1. The van der Waals surface area contributed by atoms with Crippen LogP contribution in [-0.4, -0.2) is 18.9 Å². The van der Waals surface area contributed by atoms with Crippen LogP contribution >= 0.6 is 15.9 Å². The van der Waals surface area contributed by atoms with E-state index in [0.29, 0.717) is 12.2 Å². The highest BCUT2D eigenvalue weighted by Gasteiger charge is 2.25. The van der Waals surface area contributed by atoms with Crippen LogP contribution in [0, 0.1) is 19.8 Å². The molecule has 17 heavy (non-hydrogen) atoms. The predicted molar refractivity (Wildman–Crippen MR) is 74.6 cm³/mol. The fourth-order valence-corrected chi connectivity index (χ4v) is 3.31. The molecule has 1 heterocycles. The molecule has 2 rings (SSSR count). The van der Waals surface area contributed by atoms with Gasteiger partial charge in [-0.3, -0.25) is 4.79 Å². The van der Waals surface area contributed by atoms with Crippen LogP contribution in [0.3, 0.4) is 0 Å². The highest BCUT2D eigenvalue weighted by molar-refractivity contribution is 9.10. The van der Waals surface area contributed by atoms with E-state index in [1.165, 1.54) is 16.8 Å². The molecule has 1 unspecified atom stereocenters. The van der Waals surface area contributed by atoms with Crippen molar-refractivity contribution in [3.8, 4) is 0 Å². The molecular weight excluding hydrogens is 278 g/mol. The van der Waals surface area contributed by atoms with E-state index >= 15 is 0 Å². The van der Waals surface area contributed by atoms with Gasteiger partial charge in [0.15, 0.2) is 0 Å². The van der Waals surface area contributed by atoms with Crippen LogP contribution in [0.2, 0.25) is 0 Å². The minimum atomic E-state index is 0.159. The van der Waals surface area contributed by atoms with Gasteiger partial charge in [-0.1, -0.05) is 22.9 Å². The molecule has 2 nitrogen and oxygen atoms in total. The van der Waals surface area contributed by atoms with Crippen LogP contribution in [0.5, 0.6) is 0 Å². The summed E-state index contributed by atoms with van der Waals surface area (Å²) in [5.41, 5.74) is 3.85. The maximum Gasteiger partial charge on any atom is 0.139 e. The smallest absolute Gasteiger partial charge is 0.139 e. The van der Waals surface area contributed by atoms with Crippen LogP contribution < -0.4 is 4.90 Å². The number of halogens is 1. The zero-order chi connectivity index (χ0) is 12.6. The Morgan fingerprint density at radius 2 is 1.88 bits per heavy atom. The van der Waals surface area contributed by atoms with Crippen molar-refractivity contribution in [2.75, 3.05) is 18.0 Å². The van der Waals surface area contributed by atoms with Crippen LogP contribution in [-0.2, 0) is 4.79 Å². The van der Waals surface area contributed by atoms with Crippen molar-refractivity contribution in [1.29, 1.82) is 0 Å². The summed E-state index contributed by atoms with van der Waals surface area (Å²) in [7, 11) is 0. The average molecular weight is 296 g/mol. The van der Waals surface area contributed by atoms with Gasteiger partial charge >= 0.3 is 0 Å². The van der Waals surface area contributed by atoms with Gasteiger partial charge in [-0.2, -0.15) is 0 Å². The molecule has 1 aliphatic rings. The zero-order valence-electron chi connectivity index (χ0n) is 10.6. The van der Waals surface area contributed by atoms with Crippen LogP contribution in [0.4, 0.5) is 5.69 Å². The second-order valence-electron chi connectivity index (χ2n) is 4.95. The first kappa shape index (κ1) is 12.6. The van der Waals surface area contributed by atoms with Gasteiger partial charge in [-0.15, -0.1) is 0 Å². The van der Waals surface area contributed by atoms with Gasteiger partial charge in [0.25, 0.3) is 0 Å². The molecule has 0 aromatic heterocycles. The summed E-state index contributed by atoms with van der Waals surface area (Å²) in [6.45, 7) is 8.00. The minimum Gasteiger partial charge on any atom is -0.370 e. The first-order valence-corrected chi connectivity index (χ1v) is 6.82. The second-order valence-corrected chi connectivity index (χ2v) is 5.87. The number of anilines is 1. The van der Waals surface area contributed by atoms with Crippen molar-refractivity contribution in [3.63, 3.8) is 0 Å². The maximum absolute atomic E-state index is 11.6. The number of benzene rings is 1. The summed E-state index contributed by atoms with van der Waals surface area (Å²) in [4.78, 5) is 13.9. The van der Waals surface area contributed by atoms with Gasteiger partial charge in [0, 0.05) is 35.6 Å². The van der Waals surface area contributed by atoms with Gasteiger partial charge in [-0.25, -0.2) is 0 Å². The molecule has 92 valence electrons. The van der Waals surface area contributed by atoms with E-state index in [1.807, 2.05) is 6.92 Å². The van der Waals surface area contributed by atoms with Gasteiger partial charge in [0.1, 0.15) is 5.78 Å². The monoisotopic (exact) mass is 295 g/mol. The second kappa shape index (κ2) is 4.81. The molecule has 1 fully saturated rings. The number of hydrogen-bond donors (Lipinski definition) is 0. The van der Waals surface area contributed by atoms with Crippen molar-refractivity contribution < 1.29 is 4.79 Å². The quantitative estimate of drug-likeness (QED) is 0.791. The summed E-state index contributed by atoms with van der Waals surface area (Å²) in [5, 5.41) is 0. The number of aryl methyl sites for hydroxylation is 2. The molecule has 0 amide bonds. The predicted octanol–water partition coefficient (Wildman–Crippen LogP) is 3.48. The van der Waals surface area contributed by atoms with Crippen molar-refractivity contribution in [2.24, 2.45) is 5.92 Å². The zero-order valence-corrected chi connectivity index (χ0v) is 12.2. The number of nitrogens with zero attached hydrogens (tertiary/aromatic N) is 1. The summed E-state index contributed by atoms with van der Waals surface area (Å²) in [6.07, 6.45) is 0.677. The molecule has 0 aliphatic carbocycles. The Morgan fingerprint density at radius 3 is 2.41 bits per heavy atom. The first-order chi connectivity index (χ1) is 7.99. The molecule has 0 bridgehead atoms. The van der Waals surface area contributed by atoms with Gasteiger partial charge < -0.3 is 4.90 Å².